The van der Waals surface area contributed by atoms with Gasteiger partial charge in [0, 0.05) is 31.5 Å². The number of hydrogen-bond donors (Lipinski definition) is 2. The zero-order valence-corrected chi connectivity index (χ0v) is 24.5. The Kier molecular flexibility index (Phi) is 8.39. The molecule has 8 nitrogen and oxygen atoms in total. The van der Waals surface area contributed by atoms with Gasteiger partial charge >= 0.3 is 0 Å². The van der Waals surface area contributed by atoms with Crippen molar-refractivity contribution in [1.29, 1.82) is 0 Å². The number of carbonyl (C=O) groups is 3. The van der Waals surface area contributed by atoms with Crippen molar-refractivity contribution in [3.05, 3.63) is 42.0 Å². The number of benzene rings is 1. The second-order valence-electron chi connectivity index (χ2n) is 12.4. The Morgan fingerprint density at radius 2 is 1.90 bits per heavy atom. The third-order valence-electron chi connectivity index (χ3n) is 9.70. The number of anilines is 1. The van der Waals surface area contributed by atoms with E-state index in [1.165, 1.54) is 5.56 Å². The molecule has 2 N–H and O–H groups in total. The molecule has 5 rings (SSSR count). The van der Waals surface area contributed by atoms with Crippen LogP contribution in [0.3, 0.4) is 0 Å². The van der Waals surface area contributed by atoms with Crippen LogP contribution in [0.5, 0.6) is 0 Å². The van der Waals surface area contributed by atoms with E-state index in [1.54, 1.807) is 4.90 Å². The normalized spacial score (nSPS) is 34.4. The summed E-state index contributed by atoms with van der Waals surface area (Å²) in [4.78, 5) is 43.4. The molecule has 4 aliphatic rings. The van der Waals surface area contributed by atoms with E-state index in [-0.39, 0.29) is 23.8 Å². The minimum Gasteiger partial charge on any atom is -0.382 e. The van der Waals surface area contributed by atoms with Gasteiger partial charge in [0.15, 0.2) is 0 Å². The summed E-state index contributed by atoms with van der Waals surface area (Å²) < 4.78 is 12.0. The minimum atomic E-state index is -1.15. The predicted molar refractivity (Wildman–Crippen MR) is 154 cm³/mol. The molecule has 1 aliphatic carbocycles. The van der Waals surface area contributed by atoms with Gasteiger partial charge in [0.25, 0.3) is 0 Å². The highest BCUT2D eigenvalue weighted by molar-refractivity contribution is 6.02. The Bertz CT molecular complexity index is 1130. The van der Waals surface area contributed by atoms with Crippen molar-refractivity contribution in [3.63, 3.8) is 0 Å². The summed E-state index contributed by atoms with van der Waals surface area (Å²) in [5.41, 5.74) is 0.723. The second-order valence-corrected chi connectivity index (χ2v) is 12.4. The Balaban J connectivity index is 1.39. The van der Waals surface area contributed by atoms with Crippen LogP contribution in [0, 0.1) is 23.7 Å². The summed E-state index contributed by atoms with van der Waals surface area (Å²) in [5, 5.41) is 6.32. The van der Waals surface area contributed by atoms with Crippen LogP contribution in [0.1, 0.15) is 71.8 Å². The van der Waals surface area contributed by atoms with Gasteiger partial charge in [-0.2, -0.15) is 0 Å². The van der Waals surface area contributed by atoms with Crippen molar-refractivity contribution < 1.29 is 23.9 Å². The highest BCUT2D eigenvalue weighted by Gasteiger charge is 2.72. The molecule has 2 bridgehead atoms. The molecule has 218 valence electrons. The van der Waals surface area contributed by atoms with Crippen molar-refractivity contribution in [2.45, 2.75) is 90.0 Å². The molecule has 0 aromatic heterocycles. The van der Waals surface area contributed by atoms with E-state index in [1.807, 2.05) is 43.3 Å². The number of rotatable bonds is 10. The highest BCUT2D eigenvalue weighted by Crippen LogP contribution is 2.55. The highest BCUT2D eigenvalue weighted by atomic mass is 16.5. The van der Waals surface area contributed by atoms with Gasteiger partial charge in [0.2, 0.25) is 17.7 Å². The molecule has 3 fully saturated rings. The van der Waals surface area contributed by atoms with Crippen LogP contribution in [-0.4, -0.2) is 66.2 Å². The number of amides is 3. The fourth-order valence-corrected chi connectivity index (χ4v) is 7.21. The molecule has 1 spiro atoms. The smallest absolute Gasteiger partial charge is 0.246 e. The molecule has 8 heteroatoms. The first-order valence-electron chi connectivity index (χ1n) is 15.1. The summed E-state index contributed by atoms with van der Waals surface area (Å²) in [6.07, 6.45) is 6.97. The number of hydrogen-bond acceptors (Lipinski definition) is 5. The number of nitrogens with zero attached hydrogens (tertiary/aromatic N) is 1. The quantitative estimate of drug-likeness (QED) is 0.335. The molecule has 8 atom stereocenters. The first-order valence-corrected chi connectivity index (χ1v) is 15.1. The molecule has 2 saturated heterocycles. The van der Waals surface area contributed by atoms with Crippen molar-refractivity contribution in [3.8, 4) is 0 Å². The van der Waals surface area contributed by atoms with E-state index in [2.05, 4.69) is 38.3 Å². The molecule has 3 amide bonds. The van der Waals surface area contributed by atoms with Crippen LogP contribution >= 0.6 is 0 Å². The topological polar surface area (TPSA) is 97.0 Å². The van der Waals surface area contributed by atoms with E-state index >= 15 is 0 Å². The average molecular weight is 552 g/mol. The van der Waals surface area contributed by atoms with E-state index in [0.717, 1.165) is 19.3 Å². The maximum Gasteiger partial charge on any atom is 0.246 e. The van der Waals surface area contributed by atoms with Gasteiger partial charge in [0.05, 0.1) is 17.9 Å². The van der Waals surface area contributed by atoms with Crippen molar-refractivity contribution in [2.75, 3.05) is 25.1 Å². The van der Waals surface area contributed by atoms with Gasteiger partial charge in [-0.05, 0) is 55.2 Å². The van der Waals surface area contributed by atoms with Crippen molar-refractivity contribution >= 4 is 23.4 Å². The molecule has 1 aromatic rings. The summed E-state index contributed by atoms with van der Waals surface area (Å²) in [7, 11) is 0. The monoisotopic (exact) mass is 551 g/mol. The zero-order valence-electron chi connectivity index (χ0n) is 24.5. The minimum absolute atomic E-state index is 0.0579. The van der Waals surface area contributed by atoms with Gasteiger partial charge in [-0.15, -0.1) is 0 Å². The number of fused-ring (bicyclic) bond motifs is 1. The molecule has 1 aromatic carbocycles. The average Bonchev–Trinajstić information content (AvgIpc) is 3.57. The van der Waals surface area contributed by atoms with Crippen LogP contribution in [-0.2, 0) is 23.9 Å². The molecule has 3 aliphatic heterocycles. The molecule has 3 heterocycles. The molecular weight excluding hydrogens is 506 g/mol. The lowest BCUT2D eigenvalue weighted by molar-refractivity contribution is -0.141. The van der Waals surface area contributed by atoms with Crippen molar-refractivity contribution in [2.24, 2.45) is 23.7 Å². The molecule has 1 saturated carbocycles. The summed E-state index contributed by atoms with van der Waals surface area (Å²) in [6, 6.07) is 7.04. The predicted octanol–water partition coefficient (Wildman–Crippen LogP) is 4.27. The number of carbonyl (C=O) groups excluding carboxylic acids is 3. The van der Waals surface area contributed by atoms with Gasteiger partial charge in [-0.3, -0.25) is 14.4 Å². The van der Waals surface area contributed by atoms with Crippen LogP contribution in [0.25, 0.3) is 0 Å². The van der Waals surface area contributed by atoms with Gasteiger partial charge in [-0.25, -0.2) is 0 Å². The molecule has 6 unspecified atom stereocenters. The van der Waals surface area contributed by atoms with Gasteiger partial charge in [0.1, 0.15) is 11.6 Å². The largest absolute Gasteiger partial charge is 0.382 e. The number of nitrogens with one attached hydrogen (secondary N) is 2. The fraction of sp³-hybridized carbons (Fsp3) is 0.656. The molecule has 40 heavy (non-hydrogen) atoms. The second kappa shape index (κ2) is 11.6. The van der Waals surface area contributed by atoms with E-state index in [0.29, 0.717) is 49.6 Å². The SMILES string of the molecule is CCOCCCN1C(=O)[C@H]2C(C(=O)Nc3ccc(C(C)C)cc3)[C@H]3C=CC2(O3)C1C(=O)NC1CCCC(C)C1C. The Hall–Kier alpha value is -2.71. The first kappa shape index (κ1) is 28.8. The van der Waals surface area contributed by atoms with Crippen LogP contribution < -0.4 is 10.6 Å². The molecular formula is C32H45N3O5. The number of ether oxygens (including phenoxy) is 2. The Morgan fingerprint density at radius 3 is 2.60 bits per heavy atom. The maximum atomic E-state index is 14.1. The van der Waals surface area contributed by atoms with E-state index in [9.17, 15) is 14.4 Å². The standard InChI is InChI=1S/C32H45N3O5/c1-6-39-18-8-17-35-28(30(37)34-24-10-7-9-20(4)21(24)5)32-16-15-25(40-32)26(27(32)31(35)38)29(36)33-23-13-11-22(12-14-23)19(2)3/h11-16,19-21,24-28H,6-10,17-18H2,1-5H3,(H,33,36)(H,34,37)/t20?,21?,24?,25-,26?,27-,28?,32?/m1/s1. The lowest BCUT2D eigenvalue weighted by Gasteiger charge is -2.38. The van der Waals surface area contributed by atoms with E-state index in [4.69, 9.17) is 9.47 Å². The van der Waals surface area contributed by atoms with Crippen LogP contribution in [0.4, 0.5) is 5.69 Å². The summed E-state index contributed by atoms with van der Waals surface area (Å²) in [5.74, 6) is -0.813. The summed E-state index contributed by atoms with van der Waals surface area (Å²) in [6.45, 7) is 12.1. The third kappa shape index (κ3) is 5.09. The van der Waals surface area contributed by atoms with Crippen LogP contribution in [0.15, 0.2) is 36.4 Å². The fourth-order valence-electron chi connectivity index (χ4n) is 7.21. The lowest BCUT2D eigenvalue weighted by Crippen LogP contribution is -2.58. The van der Waals surface area contributed by atoms with Crippen molar-refractivity contribution in [1.82, 2.24) is 10.2 Å². The van der Waals surface area contributed by atoms with E-state index < -0.39 is 29.6 Å². The third-order valence-corrected chi connectivity index (χ3v) is 9.70. The van der Waals surface area contributed by atoms with Crippen LogP contribution in [0.2, 0.25) is 0 Å². The zero-order chi connectivity index (χ0) is 28.6. The Morgan fingerprint density at radius 1 is 1.15 bits per heavy atom. The lowest BCUT2D eigenvalue weighted by atomic mass is 9.73. The van der Waals surface area contributed by atoms with Gasteiger partial charge < -0.3 is 25.0 Å². The number of likely N-dealkylation sites (tertiary alicyclic amines) is 1. The van der Waals surface area contributed by atoms with Gasteiger partial charge in [-0.1, -0.05) is 64.8 Å². The summed E-state index contributed by atoms with van der Waals surface area (Å²) >= 11 is 0. The first-order chi connectivity index (χ1) is 19.2. The Labute approximate surface area is 238 Å². The maximum absolute atomic E-state index is 14.1. The molecule has 0 radical (unpaired) electrons.